The summed E-state index contributed by atoms with van der Waals surface area (Å²) in [7, 11) is 0. The molecule has 0 aromatic carbocycles. The molecule has 0 aromatic rings. The Morgan fingerprint density at radius 3 is 1.00 bits per heavy atom. The summed E-state index contributed by atoms with van der Waals surface area (Å²) in [6.45, 7) is 0. The Morgan fingerprint density at radius 2 is 1.00 bits per heavy atom. The molecule has 0 amide bonds. The first-order valence-corrected chi connectivity index (χ1v) is 0. The summed E-state index contributed by atoms with van der Waals surface area (Å²) in [6, 6.07) is 0. The van der Waals surface area contributed by atoms with Crippen LogP contribution in [0, 0.1) is 0 Å². The van der Waals surface area contributed by atoms with E-state index in [1.54, 1.807) is 0 Å². The van der Waals surface area contributed by atoms with Crippen molar-refractivity contribution in [1.82, 2.24) is 0 Å². The van der Waals surface area contributed by atoms with Crippen molar-refractivity contribution in [2.24, 2.45) is 0 Å². The second-order valence-electron chi connectivity index (χ2n) is 0. The van der Waals surface area contributed by atoms with E-state index in [1.807, 2.05) is 0 Å². The molecule has 0 N–H and O–H groups in total. The molecule has 5 radical (unpaired) electrons. The van der Waals surface area contributed by atoms with E-state index in [-0.39, 0.29) is 57.0 Å². The zero-order chi connectivity index (χ0) is 0. The zero-order valence-electron chi connectivity index (χ0n) is 1.67. The standard InChI is InChI=1S/Al.Cu.Mn.O/q;;+2;-2. The van der Waals surface area contributed by atoms with E-state index < -0.39 is 0 Å². The predicted octanol–water partition coefficient (Wildman–Crippen LogP) is -0.505. The van der Waals surface area contributed by atoms with Crippen LogP contribution in [-0.2, 0) is 39.6 Å². The van der Waals surface area contributed by atoms with Gasteiger partial charge in [0.05, 0.1) is 0 Å². The largest absolute Gasteiger partial charge is 2.00 e. The van der Waals surface area contributed by atoms with Crippen LogP contribution in [0.1, 0.15) is 0 Å². The molecule has 0 aliphatic rings. The van der Waals surface area contributed by atoms with Gasteiger partial charge in [-0.25, -0.2) is 0 Å². The van der Waals surface area contributed by atoms with E-state index in [1.165, 1.54) is 0 Å². The van der Waals surface area contributed by atoms with Crippen molar-refractivity contribution < 1.29 is 39.6 Å². The van der Waals surface area contributed by atoms with E-state index in [0.29, 0.717) is 0 Å². The third-order valence-electron chi connectivity index (χ3n) is 0. The first-order valence-electron chi connectivity index (χ1n) is 0. The predicted molar refractivity (Wildman–Crippen MR) is 6.44 cm³/mol. The van der Waals surface area contributed by atoms with Gasteiger partial charge in [-0.15, -0.1) is 0 Å². The van der Waals surface area contributed by atoms with Crippen LogP contribution in [0.25, 0.3) is 0 Å². The van der Waals surface area contributed by atoms with Gasteiger partial charge in [0, 0.05) is 34.4 Å². The Bertz CT molecular complexity index is 8.00. The Kier molecular flexibility index (Phi) is 292. The summed E-state index contributed by atoms with van der Waals surface area (Å²) in [5, 5.41) is 0. The molecular weight excluding hydrogens is 161 g/mol. The molecule has 0 saturated heterocycles. The molecule has 0 aliphatic carbocycles. The van der Waals surface area contributed by atoms with E-state index >= 15 is 0 Å². The minimum absolute atomic E-state index is 0. The van der Waals surface area contributed by atoms with Crippen molar-refractivity contribution in [3.63, 3.8) is 0 Å². The number of rotatable bonds is 0. The Morgan fingerprint density at radius 1 is 1.00 bits per heavy atom. The normalized spacial score (nSPS) is 0. The van der Waals surface area contributed by atoms with E-state index in [9.17, 15) is 0 Å². The smallest absolute Gasteiger partial charge is 2.00 e. The Hall–Kier alpha value is 1.53. The van der Waals surface area contributed by atoms with Crippen LogP contribution in [0.15, 0.2) is 0 Å². The van der Waals surface area contributed by atoms with Crippen molar-refractivity contribution in [1.29, 1.82) is 0 Å². The molecule has 0 atom stereocenters. The molecule has 27 valence electrons. The van der Waals surface area contributed by atoms with Crippen molar-refractivity contribution >= 4 is 17.4 Å². The Labute approximate surface area is 56.9 Å². The molecule has 0 aromatic heterocycles. The molecule has 0 heterocycles. The number of hydrogen-bond donors (Lipinski definition) is 0. The Balaban J connectivity index is 0. The molecule has 1 nitrogen and oxygen atoms in total. The monoisotopic (exact) mass is 161 g/mol. The van der Waals surface area contributed by atoms with Crippen molar-refractivity contribution in [3.8, 4) is 0 Å². The number of hydrogen-bond acceptors (Lipinski definition) is 0. The molecular formula is AlCuMnO. The average Bonchev–Trinajstić information content (AvgIpc) is 0. The van der Waals surface area contributed by atoms with Gasteiger partial charge in [-0.05, 0) is 0 Å². The van der Waals surface area contributed by atoms with Gasteiger partial charge in [0.1, 0.15) is 0 Å². The maximum Gasteiger partial charge on any atom is 2.00 e. The van der Waals surface area contributed by atoms with Crippen LogP contribution in [0.3, 0.4) is 0 Å². The molecule has 0 rings (SSSR count). The third kappa shape index (κ3) is 9.65. The average molecular weight is 161 g/mol. The van der Waals surface area contributed by atoms with Crippen molar-refractivity contribution in [2.75, 3.05) is 0 Å². The van der Waals surface area contributed by atoms with Gasteiger partial charge in [0.25, 0.3) is 0 Å². The summed E-state index contributed by atoms with van der Waals surface area (Å²) in [6.07, 6.45) is 0. The topological polar surface area (TPSA) is 28.5 Å². The summed E-state index contributed by atoms with van der Waals surface area (Å²) in [5.41, 5.74) is 0. The van der Waals surface area contributed by atoms with E-state index in [2.05, 4.69) is 0 Å². The first-order chi connectivity index (χ1) is 0. The summed E-state index contributed by atoms with van der Waals surface area (Å²) in [4.78, 5) is 0. The second kappa shape index (κ2) is 24.1. The molecule has 0 spiro atoms. The van der Waals surface area contributed by atoms with Crippen molar-refractivity contribution in [2.45, 2.75) is 0 Å². The molecule has 0 saturated carbocycles. The molecule has 4 heteroatoms. The van der Waals surface area contributed by atoms with Gasteiger partial charge in [-0.3, -0.25) is 0 Å². The maximum absolute atomic E-state index is 0. The minimum atomic E-state index is 0. The summed E-state index contributed by atoms with van der Waals surface area (Å²) in [5.74, 6) is 0. The van der Waals surface area contributed by atoms with Crippen LogP contribution in [0.4, 0.5) is 0 Å². The summed E-state index contributed by atoms with van der Waals surface area (Å²) >= 11 is 0. The van der Waals surface area contributed by atoms with Gasteiger partial charge in [-0.1, -0.05) is 0 Å². The van der Waals surface area contributed by atoms with Gasteiger partial charge in [0.15, 0.2) is 0 Å². The molecule has 4 heavy (non-hydrogen) atoms. The quantitative estimate of drug-likeness (QED) is 0.429. The fourth-order valence-electron chi connectivity index (χ4n) is 0. The second-order valence-corrected chi connectivity index (χ2v) is 0. The minimum Gasteiger partial charge on any atom is -2.00 e. The molecule has 0 aliphatic heterocycles. The van der Waals surface area contributed by atoms with E-state index in [4.69, 9.17) is 0 Å². The molecule has 0 fully saturated rings. The van der Waals surface area contributed by atoms with Gasteiger partial charge in [-0.2, -0.15) is 0 Å². The first kappa shape index (κ1) is 48.4. The molecule has 0 bridgehead atoms. The van der Waals surface area contributed by atoms with Gasteiger partial charge in [0.2, 0.25) is 0 Å². The third-order valence-corrected chi connectivity index (χ3v) is 0. The van der Waals surface area contributed by atoms with Crippen LogP contribution >= 0.6 is 0 Å². The molecule has 0 unspecified atom stereocenters. The maximum atomic E-state index is 0. The summed E-state index contributed by atoms with van der Waals surface area (Å²) < 4.78 is 0. The fourth-order valence-corrected chi connectivity index (χ4v) is 0. The zero-order valence-corrected chi connectivity index (χ0v) is 4.94. The van der Waals surface area contributed by atoms with Crippen LogP contribution in [0.5, 0.6) is 0 Å². The van der Waals surface area contributed by atoms with Crippen LogP contribution < -0.4 is 0 Å². The van der Waals surface area contributed by atoms with Crippen LogP contribution in [0.2, 0.25) is 0 Å². The van der Waals surface area contributed by atoms with Crippen LogP contribution in [-0.4, -0.2) is 17.4 Å². The SMILES string of the molecule is [Al].[Cu].[Mn+2].[O-2]. The fraction of sp³-hybridized carbons (Fsp3) is 0. The van der Waals surface area contributed by atoms with Crippen molar-refractivity contribution in [3.05, 3.63) is 0 Å². The van der Waals surface area contributed by atoms with Gasteiger partial charge >= 0.3 is 17.1 Å². The van der Waals surface area contributed by atoms with E-state index in [0.717, 1.165) is 0 Å². The van der Waals surface area contributed by atoms with Gasteiger partial charge < -0.3 is 5.48 Å².